The third-order valence-corrected chi connectivity index (χ3v) is 7.07. The van der Waals surface area contributed by atoms with Crippen LogP contribution in [0.3, 0.4) is 0 Å². The summed E-state index contributed by atoms with van der Waals surface area (Å²) in [6.07, 6.45) is 5.59. The molecule has 1 N–H and O–H groups in total. The van der Waals surface area contributed by atoms with Crippen LogP contribution >= 0.6 is 35.7 Å². The molecule has 3 fully saturated rings. The molecule has 0 unspecified atom stereocenters. The van der Waals surface area contributed by atoms with Crippen LogP contribution in [0.25, 0.3) is 0 Å². The standard InChI is InChI=1S/C20H30N4S.HI/c1-21-19(24-10-9-20(16-24)7-2-8-20)22-15-17-3-5-18(6-4-17)23-11-13-25-14-12-23;/h3-6H,2,7-16H2,1H3,(H,21,22);1H. The van der Waals surface area contributed by atoms with Gasteiger partial charge in [0.2, 0.25) is 0 Å². The number of likely N-dealkylation sites (tertiary alicyclic amines) is 1. The van der Waals surface area contributed by atoms with E-state index in [4.69, 9.17) is 0 Å². The highest BCUT2D eigenvalue weighted by Gasteiger charge is 2.43. The van der Waals surface area contributed by atoms with E-state index in [2.05, 4.69) is 56.1 Å². The Morgan fingerprint density at radius 2 is 1.85 bits per heavy atom. The summed E-state index contributed by atoms with van der Waals surface area (Å²) in [5.74, 6) is 3.56. The molecule has 144 valence electrons. The Labute approximate surface area is 179 Å². The van der Waals surface area contributed by atoms with Gasteiger partial charge in [0.25, 0.3) is 0 Å². The van der Waals surface area contributed by atoms with Gasteiger partial charge < -0.3 is 15.1 Å². The van der Waals surface area contributed by atoms with Crippen molar-refractivity contribution in [2.45, 2.75) is 32.2 Å². The number of hydrogen-bond acceptors (Lipinski definition) is 3. The van der Waals surface area contributed by atoms with Crippen molar-refractivity contribution in [2.24, 2.45) is 10.4 Å². The summed E-state index contributed by atoms with van der Waals surface area (Å²) < 4.78 is 0. The van der Waals surface area contributed by atoms with E-state index in [9.17, 15) is 0 Å². The van der Waals surface area contributed by atoms with Crippen LogP contribution in [0.15, 0.2) is 29.3 Å². The number of benzene rings is 1. The van der Waals surface area contributed by atoms with Gasteiger partial charge >= 0.3 is 0 Å². The maximum atomic E-state index is 4.52. The van der Waals surface area contributed by atoms with Crippen LogP contribution in [-0.4, -0.2) is 55.6 Å². The number of aliphatic imine (C=N–C) groups is 1. The lowest BCUT2D eigenvalue weighted by atomic mass is 9.68. The minimum absolute atomic E-state index is 0. The van der Waals surface area contributed by atoms with Crippen LogP contribution in [0.2, 0.25) is 0 Å². The summed E-state index contributed by atoms with van der Waals surface area (Å²) in [6, 6.07) is 9.06. The fourth-order valence-electron chi connectivity index (χ4n) is 4.36. The van der Waals surface area contributed by atoms with Crippen molar-refractivity contribution >= 4 is 47.4 Å². The smallest absolute Gasteiger partial charge is 0.193 e. The molecule has 1 aromatic carbocycles. The van der Waals surface area contributed by atoms with Crippen molar-refractivity contribution in [3.8, 4) is 0 Å². The van der Waals surface area contributed by atoms with E-state index in [1.165, 1.54) is 68.1 Å². The fourth-order valence-corrected chi connectivity index (χ4v) is 5.26. The Morgan fingerprint density at radius 3 is 2.42 bits per heavy atom. The summed E-state index contributed by atoms with van der Waals surface area (Å²) in [7, 11) is 1.91. The molecule has 1 spiro atoms. The zero-order valence-electron chi connectivity index (χ0n) is 15.7. The zero-order chi connectivity index (χ0) is 17.1. The molecular formula is C20H31IN4S. The number of guanidine groups is 1. The first kappa shape index (κ1) is 20.1. The Balaban J connectivity index is 0.00000196. The second kappa shape index (κ2) is 9.04. The lowest BCUT2D eigenvalue weighted by molar-refractivity contribution is 0.151. The molecule has 26 heavy (non-hydrogen) atoms. The molecule has 2 heterocycles. The molecule has 6 heteroatoms. The quantitative estimate of drug-likeness (QED) is 0.400. The first-order valence-electron chi connectivity index (χ1n) is 9.65. The number of rotatable bonds is 3. The van der Waals surface area contributed by atoms with Gasteiger partial charge in [-0.2, -0.15) is 11.8 Å². The zero-order valence-corrected chi connectivity index (χ0v) is 18.9. The third kappa shape index (κ3) is 4.43. The van der Waals surface area contributed by atoms with E-state index in [1.807, 2.05) is 7.05 Å². The third-order valence-electron chi connectivity index (χ3n) is 6.13. The Hall–Kier alpha value is -0.630. The molecule has 2 aliphatic heterocycles. The summed E-state index contributed by atoms with van der Waals surface area (Å²) >= 11 is 2.06. The van der Waals surface area contributed by atoms with Crippen molar-refractivity contribution in [1.29, 1.82) is 0 Å². The minimum Gasteiger partial charge on any atom is -0.370 e. The maximum Gasteiger partial charge on any atom is 0.193 e. The molecule has 0 atom stereocenters. The molecule has 0 aromatic heterocycles. The van der Waals surface area contributed by atoms with Gasteiger partial charge in [-0.25, -0.2) is 0 Å². The van der Waals surface area contributed by atoms with Crippen LogP contribution in [0, 0.1) is 5.41 Å². The number of hydrogen-bond donors (Lipinski definition) is 1. The molecule has 1 aliphatic carbocycles. The van der Waals surface area contributed by atoms with E-state index in [-0.39, 0.29) is 24.0 Å². The maximum absolute atomic E-state index is 4.52. The van der Waals surface area contributed by atoms with Gasteiger partial charge in [0, 0.05) is 57.0 Å². The van der Waals surface area contributed by atoms with Gasteiger partial charge in [0.05, 0.1) is 0 Å². The Bertz CT molecular complexity index is 609. The van der Waals surface area contributed by atoms with E-state index in [0.29, 0.717) is 5.41 Å². The fraction of sp³-hybridized carbons (Fsp3) is 0.650. The molecule has 4 nitrogen and oxygen atoms in total. The van der Waals surface area contributed by atoms with Gasteiger partial charge in [0.15, 0.2) is 5.96 Å². The molecule has 1 saturated carbocycles. The lowest BCUT2D eigenvalue weighted by Gasteiger charge is -2.38. The van der Waals surface area contributed by atoms with Gasteiger partial charge in [0.1, 0.15) is 0 Å². The number of anilines is 1. The average molecular weight is 486 g/mol. The number of nitrogens with one attached hydrogen (secondary N) is 1. The van der Waals surface area contributed by atoms with Gasteiger partial charge in [-0.05, 0) is 42.4 Å². The monoisotopic (exact) mass is 486 g/mol. The van der Waals surface area contributed by atoms with Gasteiger partial charge in [-0.1, -0.05) is 18.6 Å². The molecule has 2 saturated heterocycles. The minimum atomic E-state index is 0. The van der Waals surface area contributed by atoms with Crippen molar-refractivity contribution in [2.75, 3.05) is 49.6 Å². The van der Waals surface area contributed by atoms with Crippen molar-refractivity contribution in [3.63, 3.8) is 0 Å². The predicted molar refractivity (Wildman–Crippen MR) is 124 cm³/mol. The van der Waals surface area contributed by atoms with Crippen LogP contribution in [-0.2, 0) is 6.54 Å². The van der Waals surface area contributed by atoms with Gasteiger partial charge in [-0.15, -0.1) is 24.0 Å². The molecule has 0 bridgehead atoms. The topological polar surface area (TPSA) is 30.9 Å². The number of thioether (sulfide) groups is 1. The largest absolute Gasteiger partial charge is 0.370 e. The highest BCUT2D eigenvalue weighted by Crippen LogP contribution is 2.47. The van der Waals surface area contributed by atoms with Gasteiger partial charge in [-0.3, -0.25) is 4.99 Å². The summed E-state index contributed by atoms with van der Waals surface area (Å²) in [4.78, 5) is 9.47. The van der Waals surface area contributed by atoms with Crippen LogP contribution in [0.4, 0.5) is 5.69 Å². The summed E-state index contributed by atoms with van der Waals surface area (Å²) in [5.41, 5.74) is 3.31. The molecule has 3 aliphatic rings. The molecule has 1 aromatic rings. The first-order valence-corrected chi connectivity index (χ1v) is 10.8. The highest BCUT2D eigenvalue weighted by molar-refractivity contribution is 14.0. The van der Waals surface area contributed by atoms with Crippen molar-refractivity contribution in [3.05, 3.63) is 29.8 Å². The van der Waals surface area contributed by atoms with E-state index in [1.54, 1.807) is 0 Å². The normalized spacial score (nSPS) is 22.1. The summed E-state index contributed by atoms with van der Waals surface area (Å²) in [6.45, 7) is 5.55. The molecule has 0 radical (unpaired) electrons. The average Bonchev–Trinajstić information content (AvgIpc) is 3.10. The van der Waals surface area contributed by atoms with E-state index >= 15 is 0 Å². The number of halogens is 1. The van der Waals surface area contributed by atoms with Crippen LogP contribution < -0.4 is 10.2 Å². The van der Waals surface area contributed by atoms with Crippen LogP contribution in [0.5, 0.6) is 0 Å². The Kier molecular flexibility index (Phi) is 6.99. The number of nitrogens with zero attached hydrogens (tertiary/aromatic N) is 3. The second-order valence-electron chi connectivity index (χ2n) is 7.69. The first-order chi connectivity index (χ1) is 12.3. The van der Waals surface area contributed by atoms with Crippen molar-refractivity contribution in [1.82, 2.24) is 10.2 Å². The molecular weight excluding hydrogens is 455 g/mol. The molecule has 4 rings (SSSR count). The van der Waals surface area contributed by atoms with Crippen LogP contribution in [0.1, 0.15) is 31.2 Å². The highest BCUT2D eigenvalue weighted by atomic mass is 127. The lowest BCUT2D eigenvalue weighted by Crippen LogP contribution is -2.42. The Morgan fingerprint density at radius 1 is 1.12 bits per heavy atom. The van der Waals surface area contributed by atoms with Crippen molar-refractivity contribution < 1.29 is 0 Å². The second-order valence-corrected chi connectivity index (χ2v) is 8.92. The van der Waals surface area contributed by atoms with E-state index in [0.717, 1.165) is 19.0 Å². The predicted octanol–water partition coefficient (Wildman–Crippen LogP) is 3.81. The molecule has 0 amide bonds. The summed E-state index contributed by atoms with van der Waals surface area (Å²) in [5, 5.41) is 3.57. The van der Waals surface area contributed by atoms with E-state index < -0.39 is 0 Å². The SMILES string of the molecule is CN=C(NCc1ccc(N2CCSCC2)cc1)N1CCC2(CCC2)C1.I.